The number of nitrogens with zero attached hydrogens (tertiary/aromatic N) is 3. The molecule has 2 aliphatic rings. The molecule has 7 heteroatoms. The molecule has 0 aliphatic carbocycles. The number of aliphatic imine (C=N–C) groups is 1. The fraction of sp³-hybridized carbons (Fsp3) is 0.700. The van der Waals surface area contributed by atoms with E-state index < -0.39 is 0 Å². The van der Waals surface area contributed by atoms with Gasteiger partial charge in [0, 0.05) is 49.8 Å². The van der Waals surface area contributed by atoms with Crippen LogP contribution in [-0.4, -0.2) is 67.4 Å². The number of pyridine rings is 1. The van der Waals surface area contributed by atoms with Crippen LogP contribution in [0.4, 0.5) is 5.82 Å². The largest absolute Gasteiger partial charge is 0.381 e. The van der Waals surface area contributed by atoms with Gasteiger partial charge in [-0.05, 0) is 51.0 Å². The summed E-state index contributed by atoms with van der Waals surface area (Å²) in [6.45, 7) is 7.62. The lowest BCUT2D eigenvalue weighted by molar-refractivity contribution is 0.0794. The number of ether oxygens (including phenoxy) is 1. The number of anilines is 1. The van der Waals surface area contributed by atoms with Gasteiger partial charge in [-0.15, -0.1) is 0 Å². The molecular weight excluding hydrogens is 358 g/mol. The number of guanidine groups is 1. The first-order chi connectivity index (χ1) is 13.2. The molecule has 6 nitrogen and oxygen atoms in total. The van der Waals surface area contributed by atoms with Crippen molar-refractivity contribution in [3.63, 3.8) is 0 Å². The summed E-state index contributed by atoms with van der Waals surface area (Å²) in [6, 6.07) is 6.58. The Morgan fingerprint density at radius 2 is 2.11 bits per heavy atom. The minimum Gasteiger partial charge on any atom is -0.381 e. The zero-order valence-corrected chi connectivity index (χ0v) is 17.4. The van der Waals surface area contributed by atoms with Crippen LogP contribution in [0.5, 0.6) is 0 Å². The van der Waals surface area contributed by atoms with Crippen molar-refractivity contribution in [3.8, 4) is 0 Å². The highest BCUT2D eigenvalue weighted by Gasteiger charge is 2.31. The molecule has 0 unspecified atom stereocenters. The summed E-state index contributed by atoms with van der Waals surface area (Å²) in [5.41, 5.74) is 0. The Morgan fingerprint density at radius 3 is 2.74 bits per heavy atom. The van der Waals surface area contributed by atoms with E-state index in [1.807, 2.05) is 24.0 Å². The van der Waals surface area contributed by atoms with Crippen LogP contribution in [0.25, 0.3) is 0 Å². The zero-order chi connectivity index (χ0) is 19.0. The third-order valence-electron chi connectivity index (χ3n) is 5.52. The lowest BCUT2D eigenvalue weighted by Crippen LogP contribution is -2.49. The van der Waals surface area contributed by atoms with E-state index >= 15 is 0 Å². The van der Waals surface area contributed by atoms with Crippen LogP contribution in [0, 0.1) is 0 Å². The minimum atomic E-state index is 0.225. The molecule has 0 atom stereocenters. The average Bonchev–Trinajstić information content (AvgIpc) is 2.74. The molecule has 0 aromatic carbocycles. The molecule has 1 aromatic rings. The highest BCUT2D eigenvalue weighted by molar-refractivity contribution is 8.00. The molecule has 2 N–H and O–H groups in total. The number of thioether (sulfide) groups is 1. The van der Waals surface area contributed by atoms with Gasteiger partial charge in [-0.1, -0.05) is 6.07 Å². The van der Waals surface area contributed by atoms with Gasteiger partial charge >= 0.3 is 0 Å². The van der Waals surface area contributed by atoms with E-state index in [0.29, 0.717) is 6.04 Å². The van der Waals surface area contributed by atoms with Gasteiger partial charge in [0.2, 0.25) is 0 Å². The van der Waals surface area contributed by atoms with Crippen molar-refractivity contribution in [3.05, 3.63) is 24.4 Å². The van der Waals surface area contributed by atoms with Crippen LogP contribution in [0.3, 0.4) is 0 Å². The monoisotopic (exact) mass is 391 g/mol. The molecule has 3 heterocycles. The Labute approximate surface area is 167 Å². The van der Waals surface area contributed by atoms with Crippen molar-refractivity contribution in [2.45, 2.75) is 43.4 Å². The number of rotatable bonds is 6. The van der Waals surface area contributed by atoms with Crippen molar-refractivity contribution >= 4 is 23.5 Å². The van der Waals surface area contributed by atoms with Gasteiger partial charge in [0.1, 0.15) is 5.82 Å². The molecule has 27 heavy (non-hydrogen) atoms. The third kappa shape index (κ3) is 5.75. The summed E-state index contributed by atoms with van der Waals surface area (Å²) >= 11 is 1.94. The smallest absolute Gasteiger partial charge is 0.191 e. The molecular formula is C20H33N5OS. The molecule has 0 amide bonds. The lowest BCUT2D eigenvalue weighted by atomic mass is 9.99. The van der Waals surface area contributed by atoms with Gasteiger partial charge in [0.05, 0.1) is 6.54 Å². The second kappa shape index (κ2) is 10.2. The first-order valence-electron chi connectivity index (χ1n) is 10.1. The second-order valence-corrected chi connectivity index (χ2v) is 8.56. The summed E-state index contributed by atoms with van der Waals surface area (Å²) < 4.78 is 5.77. The van der Waals surface area contributed by atoms with Crippen molar-refractivity contribution in [1.29, 1.82) is 0 Å². The quantitative estimate of drug-likeness (QED) is 0.574. The fourth-order valence-corrected chi connectivity index (χ4v) is 4.47. The lowest BCUT2D eigenvalue weighted by Gasteiger charge is -2.35. The standard InChI is InChI=1S/C20H33N5OS/c1-3-21-19(23-16-20(27-2)9-14-26-15-10-20)24-17-7-12-25(13-8-17)18-6-4-5-11-22-18/h4-6,11,17H,3,7-10,12-16H2,1-2H3,(H2,21,23,24). The van der Waals surface area contributed by atoms with E-state index in [9.17, 15) is 0 Å². The normalized spacial score (nSPS) is 21.1. The van der Waals surface area contributed by atoms with Crippen LogP contribution < -0.4 is 15.5 Å². The summed E-state index contributed by atoms with van der Waals surface area (Å²) in [5.74, 6) is 2.03. The predicted octanol–water partition coefficient (Wildman–Crippen LogP) is 2.52. The fourth-order valence-electron chi connectivity index (χ4n) is 3.70. The van der Waals surface area contributed by atoms with Crippen LogP contribution in [0.15, 0.2) is 29.4 Å². The molecule has 0 radical (unpaired) electrons. The van der Waals surface area contributed by atoms with E-state index in [4.69, 9.17) is 9.73 Å². The first-order valence-corrected chi connectivity index (χ1v) is 11.3. The van der Waals surface area contributed by atoms with E-state index in [2.05, 4.69) is 45.8 Å². The Balaban J connectivity index is 1.53. The van der Waals surface area contributed by atoms with Gasteiger partial charge < -0.3 is 20.3 Å². The molecule has 3 rings (SSSR count). The topological polar surface area (TPSA) is 61.8 Å². The highest BCUT2D eigenvalue weighted by atomic mass is 32.2. The van der Waals surface area contributed by atoms with Crippen LogP contribution >= 0.6 is 11.8 Å². The Kier molecular flexibility index (Phi) is 7.64. The maximum absolute atomic E-state index is 5.55. The van der Waals surface area contributed by atoms with Gasteiger partial charge in [-0.3, -0.25) is 4.99 Å². The van der Waals surface area contributed by atoms with Gasteiger partial charge in [-0.2, -0.15) is 11.8 Å². The second-order valence-electron chi connectivity index (χ2n) is 7.29. The predicted molar refractivity (Wildman–Crippen MR) is 115 cm³/mol. The molecule has 150 valence electrons. The van der Waals surface area contributed by atoms with E-state index in [-0.39, 0.29) is 4.75 Å². The van der Waals surface area contributed by atoms with Crippen LogP contribution in [-0.2, 0) is 4.74 Å². The maximum atomic E-state index is 5.55. The average molecular weight is 392 g/mol. The van der Waals surface area contributed by atoms with E-state index in [0.717, 1.165) is 76.9 Å². The molecule has 0 bridgehead atoms. The number of nitrogens with one attached hydrogen (secondary N) is 2. The molecule has 2 aliphatic heterocycles. The minimum absolute atomic E-state index is 0.225. The molecule has 0 saturated carbocycles. The van der Waals surface area contributed by atoms with Gasteiger partial charge in [-0.25, -0.2) is 4.98 Å². The van der Waals surface area contributed by atoms with Crippen LogP contribution in [0.1, 0.15) is 32.6 Å². The third-order valence-corrected chi connectivity index (χ3v) is 6.92. The molecule has 1 aromatic heterocycles. The highest BCUT2D eigenvalue weighted by Crippen LogP contribution is 2.34. The summed E-state index contributed by atoms with van der Waals surface area (Å²) in [6.07, 6.45) is 8.44. The molecule has 2 fully saturated rings. The van der Waals surface area contributed by atoms with Crippen molar-refractivity contribution in [1.82, 2.24) is 15.6 Å². The first kappa shape index (κ1) is 20.3. The van der Waals surface area contributed by atoms with Crippen molar-refractivity contribution in [2.75, 3.05) is 50.5 Å². The number of hydrogen-bond donors (Lipinski definition) is 2. The van der Waals surface area contributed by atoms with E-state index in [1.165, 1.54) is 0 Å². The van der Waals surface area contributed by atoms with E-state index in [1.54, 1.807) is 0 Å². The number of aromatic nitrogens is 1. The summed E-state index contributed by atoms with van der Waals surface area (Å²) in [4.78, 5) is 11.8. The zero-order valence-electron chi connectivity index (χ0n) is 16.6. The van der Waals surface area contributed by atoms with Gasteiger partial charge in [0.25, 0.3) is 0 Å². The summed E-state index contributed by atoms with van der Waals surface area (Å²) in [5, 5.41) is 7.09. The van der Waals surface area contributed by atoms with Crippen molar-refractivity contribution in [2.24, 2.45) is 4.99 Å². The van der Waals surface area contributed by atoms with Crippen molar-refractivity contribution < 1.29 is 4.74 Å². The van der Waals surface area contributed by atoms with Gasteiger partial charge in [0.15, 0.2) is 5.96 Å². The summed E-state index contributed by atoms with van der Waals surface area (Å²) in [7, 11) is 0. The SMILES string of the molecule is CCNC(=NCC1(SC)CCOCC1)NC1CCN(c2ccccn2)CC1. The Bertz CT molecular complexity index is 583. The number of piperidine rings is 1. The Morgan fingerprint density at radius 1 is 1.33 bits per heavy atom. The maximum Gasteiger partial charge on any atom is 0.191 e. The Hall–Kier alpha value is -1.47. The number of hydrogen-bond acceptors (Lipinski definition) is 5. The van der Waals surface area contributed by atoms with Crippen LogP contribution in [0.2, 0.25) is 0 Å². The molecule has 0 spiro atoms. The molecule has 2 saturated heterocycles.